The predicted octanol–water partition coefficient (Wildman–Crippen LogP) is 10.4. The lowest BCUT2D eigenvalue weighted by atomic mass is 10.1. The van der Waals surface area contributed by atoms with Crippen molar-refractivity contribution in [2.24, 2.45) is 0 Å². The first-order chi connectivity index (χ1) is 34.7. The third kappa shape index (κ3) is 14.0. The van der Waals surface area contributed by atoms with Crippen LogP contribution in [0.3, 0.4) is 0 Å². The largest absolute Gasteiger partial charge is 0.493 e. The minimum Gasteiger partial charge on any atom is -0.493 e. The van der Waals surface area contributed by atoms with Crippen molar-refractivity contribution < 1.29 is 28.5 Å². The maximum absolute atomic E-state index is 12.1. The van der Waals surface area contributed by atoms with E-state index in [1.165, 1.54) is 25.7 Å². The van der Waals surface area contributed by atoms with Crippen LogP contribution in [-0.4, -0.2) is 104 Å². The van der Waals surface area contributed by atoms with Crippen molar-refractivity contribution in [1.82, 2.24) is 24.8 Å². The van der Waals surface area contributed by atoms with Crippen molar-refractivity contribution in [2.75, 3.05) is 75.1 Å². The van der Waals surface area contributed by atoms with Gasteiger partial charge in [-0.05, 0) is 136 Å². The average Bonchev–Trinajstić information content (AvgIpc) is 4.14. The SMILES string of the molecule is COc1ccc(N(Cc2cccnc2)c2ccc(N(C)CC(=O)N(C)C)nc2)cc1OC1CCCC1.COc1ccc(N(Cc2cccnc2)c2ccc(NC3CCOCC3)nc2)cc1OC1CCCC1. The Morgan fingerprint density at radius 2 is 1.11 bits per heavy atom. The normalized spacial score (nSPS) is 15.0. The van der Waals surface area contributed by atoms with E-state index >= 15 is 0 Å². The molecule has 4 aromatic heterocycles. The number of ether oxygens (including phenoxy) is 5. The van der Waals surface area contributed by atoms with E-state index in [2.05, 4.69) is 66.5 Å². The summed E-state index contributed by atoms with van der Waals surface area (Å²) in [6, 6.07) is 28.8. The number of nitrogens with one attached hydrogen (secondary N) is 1. The molecule has 374 valence electrons. The van der Waals surface area contributed by atoms with E-state index in [1.54, 1.807) is 45.6 Å². The number of pyridine rings is 4. The first-order valence-corrected chi connectivity index (χ1v) is 24.9. The number of nitrogens with zero attached hydrogens (tertiary/aromatic N) is 8. The zero-order chi connectivity index (χ0) is 49.4. The molecular formula is C56H69N9O6. The number of anilines is 6. The van der Waals surface area contributed by atoms with Gasteiger partial charge in [0.2, 0.25) is 5.91 Å². The third-order valence-electron chi connectivity index (χ3n) is 13.2. The number of benzene rings is 2. The number of amides is 1. The van der Waals surface area contributed by atoms with Gasteiger partial charge in [0, 0.05) is 102 Å². The standard InChI is InChI=1S/C28H35N5O3.C28H34N4O3/c1-31(2)28(34)20-32(3)27-14-12-23(18-30-27)33(19-21-8-7-15-29-17-21)22-11-13-25(35-4)26(16-22)36-24-9-5-6-10-24;1-33-26-10-8-23(17-27(26)35-25-6-2-3-7-25)32(20-21-5-4-14-29-18-21)24-9-11-28(30-19-24)31-22-12-15-34-16-13-22/h7-8,11-18,24H,5-6,9-10,19-20H2,1-4H3;4-5,8-11,14,17-19,22,25H,2-3,6-7,12-13,15-16,20H2,1H3,(H,30,31). The smallest absolute Gasteiger partial charge is 0.241 e. The number of rotatable bonds is 19. The molecule has 71 heavy (non-hydrogen) atoms. The van der Waals surface area contributed by atoms with Crippen molar-refractivity contribution in [1.29, 1.82) is 0 Å². The Hall–Kier alpha value is -7.13. The fraction of sp³-hybridized carbons (Fsp3) is 0.411. The van der Waals surface area contributed by atoms with E-state index in [1.807, 2.05) is 85.3 Å². The van der Waals surface area contributed by atoms with Crippen molar-refractivity contribution in [3.63, 3.8) is 0 Å². The van der Waals surface area contributed by atoms with Crippen LogP contribution in [0.5, 0.6) is 23.0 Å². The molecule has 3 aliphatic rings. The second-order valence-corrected chi connectivity index (χ2v) is 18.6. The molecule has 5 heterocycles. The van der Waals surface area contributed by atoms with Crippen molar-refractivity contribution in [3.05, 3.63) is 133 Å². The lowest BCUT2D eigenvalue weighted by Gasteiger charge is -2.27. The lowest BCUT2D eigenvalue weighted by Crippen LogP contribution is -2.34. The fourth-order valence-electron chi connectivity index (χ4n) is 9.11. The summed E-state index contributed by atoms with van der Waals surface area (Å²) in [5, 5.41) is 3.54. The zero-order valence-corrected chi connectivity index (χ0v) is 41.9. The van der Waals surface area contributed by atoms with Crippen molar-refractivity contribution in [2.45, 2.75) is 95.5 Å². The molecule has 15 nitrogen and oxygen atoms in total. The molecule has 1 saturated heterocycles. The Balaban J connectivity index is 0.000000190. The van der Waals surface area contributed by atoms with Gasteiger partial charge in [-0.25, -0.2) is 9.97 Å². The van der Waals surface area contributed by atoms with Crippen LogP contribution in [0, 0.1) is 0 Å². The summed E-state index contributed by atoms with van der Waals surface area (Å²) in [6.45, 7) is 3.14. The number of aromatic nitrogens is 4. The summed E-state index contributed by atoms with van der Waals surface area (Å²) in [5.74, 6) is 4.68. The molecule has 1 amide bonds. The van der Waals surface area contributed by atoms with Gasteiger partial charge in [0.15, 0.2) is 23.0 Å². The van der Waals surface area contributed by atoms with Crippen LogP contribution in [-0.2, 0) is 22.6 Å². The van der Waals surface area contributed by atoms with Crippen LogP contribution in [0.1, 0.15) is 75.3 Å². The van der Waals surface area contributed by atoms with E-state index in [9.17, 15) is 4.79 Å². The van der Waals surface area contributed by atoms with Gasteiger partial charge in [-0.2, -0.15) is 0 Å². The quantitative estimate of drug-likeness (QED) is 0.0823. The van der Waals surface area contributed by atoms with Crippen molar-refractivity contribution >= 4 is 40.3 Å². The van der Waals surface area contributed by atoms with E-state index in [0.29, 0.717) is 19.1 Å². The van der Waals surface area contributed by atoms with Gasteiger partial charge in [-0.1, -0.05) is 12.1 Å². The highest BCUT2D eigenvalue weighted by molar-refractivity contribution is 5.80. The highest BCUT2D eigenvalue weighted by Crippen LogP contribution is 2.40. The molecule has 6 aromatic rings. The second kappa shape index (κ2) is 25.1. The summed E-state index contributed by atoms with van der Waals surface area (Å²) in [4.78, 5) is 38.0. The molecule has 0 spiro atoms. The molecule has 15 heteroatoms. The minimum absolute atomic E-state index is 0.0228. The van der Waals surface area contributed by atoms with Crippen molar-refractivity contribution in [3.8, 4) is 23.0 Å². The van der Waals surface area contributed by atoms with E-state index in [4.69, 9.17) is 28.7 Å². The summed E-state index contributed by atoms with van der Waals surface area (Å²) >= 11 is 0. The van der Waals surface area contributed by atoms with Crippen LogP contribution >= 0.6 is 0 Å². The Kier molecular flexibility index (Phi) is 17.8. The Morgan fingerprint density at radius 3 is 1.55 bits per heavy atom. The molecule has 9 rings (SSSR count). The van der Waals surface area contributed by atoms with E-state index < -0.39 is 0 Å². The number of carbonyl (C=O) groups excluding carboxylic acids is 1. The summed E-state index contributed by atoms with van der Waals surface area (Å²) < 4.78 is 29.4. The topological polar surface area (TPSA) is 140 Å². The molecule has 3 fully saturated rings. The van der Waals surface area contributed by atoms with Gasteiger partial charge in [0.05, 0.1) is 56.7 Å². The molecule has 0 bridgehead atoms. The first kappa shape index (κ1) is 50.3. The van der Waals surface area contributed by atoms with E-state index in [0.717, 1.165) is 120 Å². The maximum atomic E-state index is 12.1. The molecule has 2 saturated carbocycles. The average molecular weight is 964 g/mol. The zero-order valence-electron chi connectivity index (χ0n) is 41.9. The van der Waals surface area contributed by atoms with E-state index in [-0.39, 0.29) is 24.7 Å². The molecule has 1 N–H and O–H groups in total. The number of hydrogen-bond donors (Lipinski definition) is 1. The van der Waals surface area contributed by atoms with Crippen LogP contribution < -0.4 is 39.0 Å². The molecule has 1 aliphatic heterocycles. The molecule has 2 aromatic carbocycles. The number of hydrogen-bond acceptors (Lipinski definition) is 14. The minimum atomic E-state index is 0.0228. The Labute approximate surface area is 419 Å². The predicted molar refractivity (Wildman–Crippen MR) is 280 cm³/mol. The maximum Gasteiger partial charge on any atom is 0.241 e. The molecule has 0 atom stereocenters. The van der Waals surface area contributed by atoms with Crippen LogP contribution in [0.4, 0.5) is 34.4 Å². The van der Waals surface area contributed by atoms with Crippen LogP contribution in [0.15, 0.2) is 122 Å². The fourth-order valence-corrected chi connectivity index (χ4v) is 9.11. The lowest BCUT2D eigenvalue weighted by molar-refractivity contribution is -0.127. The highest BCUT2D eigenvalue weighted by Gasteiger charge is 2.23. The summed E-state index contributed by atoms with van der Waals surface area (Å²) in [7, 11) is 8.74. The second-order valence-electron chi connectivity index (χ2n) is 18.6. The number of carbonyl (C=O) groups is 1. The Bertz CT molecular complexity index is 2550. The van der Waals surface area contributed by atoms with Gasteiger partial charge < -0.3 is 48.6 Å². The molecular weight excluding hydrogens is 895 g/mol. The molecule has 0 radical (unpaired) electrons. The molecule has 2 aliphatic carbocycles. The highest BCUT2D eigenvalue weighted by atomic mass is 16.5. The van der Waals surface area contributed by atoms with Crippen LogP contribution in [0.25, 0.3) is 0 Å². The third-order valence-corrected chi connectivity index (χ3v) is 13.2. The summed E-state index contributed by atoms with van der Waals surface area (Å²) in [5.41, 5.74) is 6.11. The van der Waals surface area contributed by atoms with Gasteiger partial charge in [0.1, 0.15) is 11.6 Å². The van der Waals surface area contributed by atoms with Gasteiger partial charge >= 0.3 is 0 Å². The van der Waals surface area contributed by atoms with Gasteiger partial charge in [-0.3, -0.25) is 14.8 Å². The van der Waals surface area contributed by atoms with Crippen LogP contribution in [0.2, 0.25) is 0 Å². The monoisotopic (exact) mass is 964 g/mol. The van der Waals surface area contributed by atoms with Gasteiger partial charge in [-0.15, -0.1) is 0 Å². The number of likely N-dealkylation sites (N-methyl/N-ethyl adjacent to an activating group) is 2. The molecule has 0 unspecified atom stereocenters. The first-order valence-electron chi connectivity index (χ1n) is 24.9. The number of methoxy groups -OCH3 is 2. The summed E-state index contributed by atoms with van der Waals surface area (Å²) in [6.07, 6.45) is 22.8. The van der Waals surface area contributed by atoms with Gasteiger partial charge in [0.25, 0.3) is 0 Å². The Morgan fingerprint density at radius 1 is 0.606 bits per heavy atom.